The van der Waals surface area contributed by atoms with Gasteiger partial charge >= 0.3 is 0 Å². The van der Waals surface area contributed by atoms with Crippen LogP contribution < -0.4 is 0 Å². The molecule has 0 radical (unpaired) electrons. The first-order chi connectivity index (χ1) is 5.24. The van der Waals surface area contributed by atoms with E-state index in [2.05, 4.69) is 13.0 Å². The highest BCUT2D eigenvalue weighted by Crippen LogP contribution is 2.19. The van der Waals surface area contributed by atoms with E-state index in [0.29, 0.717) is 12.5 Å². The molecule has 11 heavy (non-hydrogen) atoms. The van der Waals surface area contributed by atoms with Crippen LogP contribution in [0, 0.1) is 5.92 Å². The number of hydrogen-bond acceptors (Lipinski definition) is 2. The Hall–Kier alpha value is -0.340. The molecule has 2 atom stereocenters. The zero-order valence-electron chi connectivity index (χ0n) is 7.21. The summed E-state index contributed by atoms with van der Waals surface area (Å²) in [4.78, 5) is 0. The molecule has 1 heterocycles. The SMILES string of the molecule is CCCC1C=C(C)C(O)OC1. The first kappa shape index (κ1) is 8.75. The Morgan fingerprint density at radius 2 is 2.45 bits per heavy atom. The van der Waals surface area contributed by atoms with Gasteiger partial charge in [0.2, 0.25) is 0 Å². The summed E-state index contributed by atoms with van der Waals surface area (Å²) < 4.78 is 5.14. The molecule has 0 fully saturated rings. The van der Waals surface area contributed by atoms with Crippen molar-refractivity contribution in [3.8, 4) is 0 Å². The predicted octanol–water partition coefficient (Wildman–Crippen LogP) is 1.70. The Labute approximate surface area is 67.9 Å². The molecule has 0 spiro atoms. The van der Waals surface area contributed by atoms with Crippen molar-refractivity contribution in [2.24, 2.45) is 5.92 Å². The van der Waals surface area contributed by atoms with E-state index < -0.39 is 6.29 Å². The van der Waals surface area contributed by atoms with E-state index in [4.69, 9.17) is 4.74 Å². The standard InChI is InChI=1S/C9H16O2/c1-3-4-8-5-7(2)9(10)11-6-8/h5,8-10H,3-4,6H2,1-2H3. The van der Waals surface area contributed by atoms with Crippen molar-refractivity contribution in [1.29, 1.82) is 0 Å². The predicted molar refractivity (Wildman–Crippen MR) is 44.1 cm³/mol. The minimum absolute atomic E-state index is 0.517. The first-order valence-corrected chi connectivity index (χ1v) is 4.22. The van der Waals surface area contributed by atoms with Crippen molar-refractivity contribution in [1.82, 2.24) is 0 Å². The van der Waals surface area contributed by atoms with E-state index in [1.807, 2.05) is 6.92 Å². The number of aliphatic hydroxyl groups excluding tert-OH is 1. The van der Waals surface area contributed by atoms with Crippen LogP contribution in [0.15, 0.2) is 11.6 Å². The van der Waals surface area contributed by atoms with Gasteiger partial charge in [-0.3, -0.25) is 0 Å². The summed E-state index contributed by atoms with van der Waals surface area (Å²) in [5, 5.41) is 9.17. The molecule has 0 aromatic rings. The fraction of sp³-hybridized carbons (Fsp3) is 0.778. The summed E-state index contributed by atoms with van der Waals surface area (Å²) in [6.45, 7) is 4.74. The van der Waals surface area contributed by atoms with Crippen LogP contribution in [-0.4, -0.2) is 18.0 Å². The molecule has 1 rings (SSSR count). The molecule has 1 aliphatic heterocycles. The van der Waals surface area contributed by atoms with Crippen molar-refractivity contribution in [2.45, 2.75) is 33.0 Å². The van der Waals surface area contributed by atoms with Crippen LogP contribution in [0.2, 0.25) is 0 Å². The van der Waals surface area contributed by atoms with Gasteiger partial charge in [-0.1, -0.05) is 19.4 Å². The van der Waals surface area contributed by atoms with E-state index in [1.165, 1.54) is 6.42 Å². The van der Waals surface area contributed by atoms with Gasteiger partial charge in [-0.2, -0.15) is 0 Å². The molecule has 0 aliphatic carbocycles. The largest absolute Gasteiger partial charge is 0.364 e. The van der Waals surface area contributed by atoms with Crippen LogP contribution in [0.1, 0.15) is 26.7 Å². The maximum Gasteiger partial charge on any atom is 0.176 e. The maximum absolute atomic E-state index is 9.17. The number of hydrogen-bond donors (Lipinski definition) is 1. The van der Waals surface area contributed by atoms with Crippen LogP contribution in [0.3, 0.4) is 0 Å². The molecule has 2 unspecified atom stereocenters. The minimum atomic E-state index is -0.650. The topological polar surface area (TPSA) is 29.5 Å². The molecule has 0 amide bonds. The molecular weight excluding hydrogens is 140 g/mol. The third-order valence-corrected chi connectivity index (χ3v) is 2.02. The molecule has 64 valence electrons. The Morgan fingerprint density at radius 1 is 1.73 bits per heavy atom. The summed E-state index contributed by atoms with van der Waals surface area (Å²) >= 11 is 0. The molecule has 0 bridgehead atoms. The Bertz CT molecular complexity index is 152. The second-order valence-electron chi connectivity index (χ2n) is 3.15. The van der Waals surface area contributed by atoms with Gasteiger partial charge in [0.1, 0.15) is 0 Å². The van der Waals surface area contributed by atoms with Crippen molar-refractivity contribution in [2.75, 3.05) is 6.61 Å². The lowest BCUT2D eigenvalue weighted by molar-refractivity contribution is -0.0898. The molecule has 0 aromatic carbocycles. The van der Waals surface area contributed by atoms with Crippen LogP contribution in [0.5, 0.6) is 0 Å². The summed E-state index contributed by atoms with van der Waals surface area (Å²) in [5.74, 6) is 0.517. The van der Waals surface area contributed by atoms with Crippen LogP contribution in [0.25, 0.3) is 0 Å². The third-order valence-electron chi connectivity index (χ3n) is 2.02. The maximum atomic E-state index is 9.17. The second-order valence-corrected chi connectivity index (χ2v) is 3.15. The van der Waals surface area contributed by atoms with Gasteiger partial charge in [0.05, 0.1) is 6.61 Å². The minimum Gasteiger partial charge on any atom is -0.364 e. The van der Waals surface area contributed by atoms with E-state index in [9.17, 15) is 5.11 Å². The van der Waals surface area contributed by atoms with Gasteiger partial charge in [0.15, 0.2) is 6.29 Å². The monoisotopic (exact) mass is 156 g/mol. The van der Waals surface area contributed by atoms with Gasteiger partial charge < -0.3 is 9.84 Å². The zero-order chi connectivity index (χ0) is 8.27. The fourth-order valence-electron chi connectivity index (χ4n) is 1.39. The number of aliphatic hydroxyl groups is 1. The number of rotatable bonds is 2. The smallest absolute Gasteiger partial charge is 0.176 e. The summed E-state index contributed by atoms with van der Waals surface area (Å²) in [6, 6.07) is 0. The number of ether oxygens (including phenoxy) is 1. The molecular formula is C9H16O2. The lowest BCUT2D eigenvalue weighted by atomic mass is 9.99. The van der Waals surface area contributed by atoms with E-state index in [-0.39, 0.29) is 0 Å². The Kier molecular flexibility index (Phi) is 3.09. The van der Waals surface area contributed by atoms with Crippen molar-refractivity contribution in [3.63, 3.8) is 0 Å². The highest BCUT2D eigenvalue weighted by atomic mass is 16.6. The fourth-order valence-corrected chi connectivity index (χ4v) is 1.39. The lowest BCUT2D eigenvalue weighted by Gasteiger charge is -2.23. The first-order valence-electron chi connectivity index (χ1n) is 4.22. The molecule has 2 nitrogen and oxygen atoms in total. The van der Waals surface area contributed by atoms with Gasteiger partial charge in [0.25, 0.3) is 0 Å². The summed E-state index contributed by atoms with van der Waals surface area (Å²) in [5.41, 5.74) is 0.953. The van der Waals surface area contributed by atoms with Crippen molar-refractivity contribution < 1.29 is 9.84 Å². The average Bonchev–Trinajstić information content (AvgIpc) is 1.98. The van der Waals surface area contributed by atoms with Crippen LogP contribution in [0.4, 0.5) is 0 Å². The third kappa shape index (κ3) is 2.31. The van der Waals surface area contributed by atoms with Gasteiger partial charge in [-0.05, 0) is 18.9 Å². The van der Waals surface area contributed by atoms with E-state index in [1.54, 1.807) is 0 Å². The van der Waals surface area contributed by atoms with E-state index >= 15 is 0 Å². The van der Waals surface area contributed by atoms with Crippen molar-refractivity contribution >= 4 is 0 Å². The molecule has 0 saturated heterocycles. The van der Waals surface area contributed by atoms with E-state index in [0.717, 1.165) is 12.0 Å². The Morgan fingerprint density at radius 3 is 3.00 bits per heavy atom. The highest BCUT2D eigenvalue weighted by molar-refractivity contribution is 5.06. The Balaban J connectivity index is 2.48. The molecule has 0 aromatic heterocycles. The van der Waals surface area contributed by atoms with Gasteiger partial charge in [-0.15, -0.1) is 0 Å². The summed E-state index contributed by atoms with van der Waals surface area (Å²) in [7, 11) is 0. The molecule has 1 aliphatic rings. The normalized spacial score (nSPS) is 31.7. The quantitative estimate of drug-likeness (QED) is 0.616. The average molecular weight is 156 g/mol. The highest BCUT2D eigenvalue weighted by Gasteiger charge is 2.17. The molecule has 2 heteroatoms. The molecule has 0 saturated carbocycles. The van der Waals surface area contributed by atoms with Crippen LogP contribution in [-0.2, 0) is 4.74 Å². The van der Waals surface area contributed by atoms with Gasteiger partial charge in [-0.25, -0.2) is 0 Å². The zero-order valence-corrected chi connectivity index (χ0v) is 7.21. The summed E-state index contributed by atoms with van der Waals surface area (Å²) in [6.07, 6.45) is 3.80. The van der Waals surface area contributed by atoms with Gasteiger partial charge in [0, 0.05) is 5.92 Å². The van der Waals surface area contributed by atoms with Crippen LogP contribution >= 0.6 is 0 Å². The molecule has 1 N–H and O–H groups in total. The van der Waals surface area contributed by atoms with Crippen molar-refractivity contribution in [3.05, 3.63) is 11.6 Å². The lowest BCUT2D eigenvalue weighted by Crippen LogP contribution is -2.24. The second kappa shape index (κ2) is 3.88.